The van der Waals surface area contributed by atoms with Crippen molar-refractivity contribution < 1.29 is 14.6 Å². The summed E-state index contributed by atoms with van der Waals surface area (Å²) in [7, 11) is 0. The molecule has 0 saturated carbocycles. The van der Waals surface area contributed by atoms with E-state index in [1.807, 2.05) is 30.3 Å². The number of nitro benzene ring substituents is 2. The van der Waals surface area contributed by atoms with Gasteiger partial charge in [-0.3, -0.25) is 25.0 Å². The molecule has 2 N–H and O–H groups in total. The van der Waals surface area contributed by atoms with Crippen LogP contribution in [0.5, 0.6) is 0 Å². The van der Waals surface area contributed by atoms with E-state index < -0.39 is 27.1 Å². The lowest BCUT2D eigenvalue weighted by Crippen LogP contribution is -2.05. The molecule has 0 radical (unpaired) electrons. The Kier molecular flexibility index (Phi) is 5.45. The molecule has 3 aromatic carbocycles. The number of nitrogens with two attached hydrogens (primary N) is 1. The molecular weight excluding hydrogens is 374 g/mol. The summed E-state index contributed by atoms with van der Waals surface area (Å²) < 4.78 is 0. The molecule has 3 aromatic rings. The van der Waals surface area contributed by atoms with E-state index in [0.717, 1.165) is 17.2 Å². The summed E-state index contributed by atoms with van der Waals surface area (Å²) in [4.78, 5) is 32.3. The van der Waals surface area contributed by atoms with Gasteiger partial charge in [-0.15, -0.1) is 0 Å². The first-order valence-electron chi connectivity index (χ1n) is 8.46. The smallest absolute Gasteiger partial charge is 0.276 e. The minimum atomic E-state index is -0.687. The van der Waals surface area contributed by atoms with Gasteiger partial charge >= 0.3 is 0 Å². The van der Waals surface area contributed by atoms with Gasteiger partial charge in [0.25, 0.3) is 11.4 Å². The van der Waals surface area contributed by atoms with Gasteiger partial charge in [-0.25, -0.2) is 0 Å². The number of nitrogens with zero attached hydrogens (tertiary/aromatic N) is 2. The maximum absolute atomic E-state index is 11.2. The summed E-state index contributed by atoms with van der Waals surface area (Å²) >= 11 is 0. The molecule has 0 aromatic heterocycles. The molecule has 0 aliphatic rings. The number of amides is 1. The molecule has 0 saturated heterocycles. The lowest BCUT2D eigenvalue weighted by molar-refractivity contribution is -0.394. The average molecular weight is 389 g/mol. The monoisotopic (exact) mass is 389 g/mol. The maximum Gasteiger partial charge on any atom is 0.276 e. The van der Waals surface area contributed by atoms with Gasteiger partial charge in [-0.05, 0) is 40.0 Å². The van der Waals surface area contributed by atoms with Crippen LogP contribution >= 0.6 is 0 Å². The predicted octanol–water partition coefficient (Wildman–Crippen LogP) is 4.34. The Labute approximate surface area is 165 Å². The molecule has 144 valence electrons. The third-order valence-corrected chi connectivity index (χ3v) is 4.22. The first-order chi connectivity index (χ1) is 13.8. The number of hydrogen-bond acceptors (Lipinski definition) is 5. The minimum Gasteiger partial charge on any atom is -0.366 e. The van der Waals surface area contributed by atoms with Crippen molar-refractivity contribution in [1.29, 1.82) is 0 Å². The van der Waals surface area contributed by atoms with Crippen LogP contribution in [0.25, 0.3) is 28.3 Å². The van der Waals surface area contributed by atoms with Gasteiger partial charge in [0.1, 0.15) is 0 Å². The van der Waals surface area contributed by atoms with Crippen LogP contribution in [0.3, 0.4) is 0 Å². The number of non-ortho nitro benzene ring substituents is 2. The van der Waals surface area contributed by atoms with Gasteiger partial charge in [-0.1, -0.05) is 42.5 Å². The highest BCUT2D eigenvalue weighted by atomic mass is 16.6. The molecule has 0 atom stereocenters. The van der Waals surface area contributed by atoms with E-state index in [1.54, 1.807) is 18.2 Å². The van der Waals surface area contributed by atoms with Crippen LogP contribution in [0.1, 0.15) is 5.56 Å². The van der Waals surface area contributed by atoms with Crippen molar-refractivity contribution in [2.24, 2.45) is 5.73 Å². The SMILES string of the molecule is NC(=O)C=Cc1cc(-c2ccccc2)ccc1-c1cc([N+](=O)[O-])cc([N+](=O)[O-])c1. The van der Waals surface area contributed by atoms with Crippen LogP contribution in [-0.4, -0.2) is 15.8 Å². The molecule has 29 heavy (non-hydrogen) atoms. The molecule has 0 heterocycles. The Balaban J connectivity index is 2.22. The van der Waals surface area contributed by atoms with E-state index in [0.29, 0.717) is 11.1 Å². The van der Waals surface area contributed by atoms with Crippen molar-refractivity contribution in [3.8, 4) is 22.3 Å². The van der Waals surface area contributed by atoms with E-state index in [9.17, 15) is 25.0 Å². The number of hydrogen-bond donors (Lipinski definition) is 1. The van der Waals surface area contributed by atoms with Crippen LogP contribution < -0.4 is 5.73 Å². The van der Waals surface area contributed by atoms with Gasteiger partial charge in [0, 0.05) is 18.2 Å². The number of rotatable bonds is 6. The molecule has 0 bridgehead atoms. The summed E-state index contributed by atoms with van der Waals surface area (Å²) in [5, 5.41) is 22.4. The fourth-order valence-corrected chi connectivity index (χ4v) is 2.91. The summed E-state index contributed by atoms with van der Waals surface area (Å²) in [6.45, 7) is 0. The number of nitro groups is 2. The van der Waals surface area contributed by atoms with Crippen LogP contribution in [0, 0.1) is 20.2 Å². The van der Waals surface area contributed by atoms with E-state index >= 15 is 0 Å². The third-order valence-electron chi connectivity index (χ3n) is 4.22. The summed E-state index contributed by atoms with van der Waals surface area (Å²) in [5.74, 6) is -0.661. The second-order valence-corrected chi connectivity index (χ2v) is 6.16. The molecule has 0 unspecified atom stereocenters. The van der Waals surface area contributed by atoms with Crippen molar-refractivity contribution >= 4 is 23.4 Å². The van der Waals surface area contributed by atoms with Gasteiger partial charge in [0.15, 0.2) is 0 Å². The molecule has 8 nitrogen and oxygen atoms in total. The van der Waals surface area contributed by atoms with Crippen molar-refractivity contribution in [2.75, 3.05) is 0 Å². The predicted molar refractivity (Wildman–Crippen MR) is 109 cm³/mol. The highest BCUT2D eigenvalue weighted by molar-refractivity contribution is 5.92. The largest absolute Gasteiger partial charge is 0.366 e. The Morgan fingerprint density at radius 3 is 1.97 bits per heavy atom. The van der Waals surface area contributed by atoms with Crippen LogP contribution in [-0.2, 0) is 4.79 Å². The highest BCUT2D eigenvalue weighted by Crippen LogP contribution is 2.34. The Hall–Kier alpha value is -4.33. The minimum absolute atomic E-state index is 0.287. The molecule has 0 fully saturated rings. The van der Waals surface area contributed by atoms with Crippen molar-refractivity contribution in [2.45, 2.75) is 0 Å². The molecule has 1 amide bonds. The second kappa shape index (κ2) is 8.13. The van der Waals surface area contributed by atoms with Crippen LogP contribution in [0.4, 0.5) is 11.4 Å². The van der Waals surface area contributed by atoms with Crippen LogP contribution in [0.15, 0.2) is 72.8 Å². The molecule has 0 spiro atoms. The fraction of sp³-hybridized carbons (Fsp3) is 0. The normalized spacial score (nSPS) is 10.8. The summed E-state index contributed by atoms with van der Waals surface area (Å²) in [5.41, 5.74) is 7.50. The summed E-state index contributed by atoms with van der Waals surface area (Å²) in [6, 6.07) is 18.2. The first kappa shape index (κ1) is 19.4. The Morgan fingerprint density at radius 2 is 1.41 bits per heavy atom. The van der Waals surface area contributed by atoms with Crippen LogP contribution in [0.2, 0.25) is 0 Å². The zero-order valence-electron chi connectivity index (χ0n) is 15.0. The molecule has 8 heteroatoms. The van der Waals surface area contributed by atoms with E-state index in [1.165, 1.54) is 24.3 Å². The molecule has 3 rings (SSSR count). The number of primary amides is 1. The summed E-state index contributed by atoms with van der Waals surface area (Å²) in [6.07, 6.45) is 2.65. The fourth-order valence-electron chi connectivity index (χ4n) is 2.91. The first-order valence-corrected chi connectivity index (χ1v) is 8.46. The Bertz CT molecular complexity index is 1110. The van der Waals surface area contributed by atoms with E-state index in [4.69, 9.17) is 5.73 Å². The quantitative estimate of drug-likeness (QED) is 0.381. The van der Waals surface area contributed by atoms with Gasteiger partial charge in [-0.2, -0.15) is 0 Å². The van der Waals surface area contributed by atoms with Gasteiger partial charge < -0.3 is 5.73 Å². The second-order valence-electron chi connectivity index (χ2n) is 6.16. The van der Waals surface area contributed by atoms with Crippen molar-refractivity contribution in [3.63, 3.8) is 0 Å². The number of benzene rings is 3. The highest BCUT2D eigenvalue weighted by Gasteiger charge is 2.18. The zero-order chi connectivity index (χ0) is 21.0. The Morgan fingerprint density at radius 1 is 0.793 bits per heavy atom. The maximum atomic E-state index is 11.2. The lowest BCUT2D eigenvalue weighted by atomic mass is 9.94. The molecular formula is C21H15N3O5. The van der Waals surface area contributed by atoms with Crippen molar-refractivity contribution in [1.82, 2.24) is 0 Å². The molecule has 0 aliphatic heterocycles. The lowest BCUT2D eigenvalue weighted by Gasteiger charge is -2.10. The standard InChI is InChI=1S/C21H15N3O5/c22-21(25)9-7-16-10-15(14-4-2-1-3-5-14)6-8-20(16)17-11-18(23(26)27)13-19(12-17)24(28)29/h1-13H,(H2,22,25). The average Bonchev–Trinajstić information content (AvgIpc) is 2.72. The van der Waals surface area contributed by atoms with E-state index in [2.05, 4.69) is 0 Å². The van der Waals surface area contributed by atoms with Gasteiger partial charge in [0.05, 0.1) is 15.9 Å². The number of carbonyl (C=O) groups excluding carboxylic acids is 1. The number of carbonyl (C=O) groups is 1. The zero-order valence-corrected chi connectivity index (χ0v) is 15.0. The van der Waals surface area contributed by atoms with Gasteiger partial charge in [0.2, 0.25) is 5.91 Å². The molecule has 0 aliphatic carbocycles. The topological polar surface area (TPSA) is 129 Å². The third kappa shape index (κ3) is 4.51. The van der Waals surface area contributed by atoms with E-state index in [-0.39, 0.29) is 5.56 Å². The van der Waals surface area contributed by atoms with Crippen molar-refractivity contribution in [3.05, 3.63) is 98.6 Å².